The van der Waals surface area contributed by atoms with Crippen LogP contribution in [0.25, 0.3) is 0 Å². The largest absolute Gasteiger partial charge is 0.349 e. The molecule has 1 aromatic heterocycles. The molecule has 1 saturated heterocycles. The van der Waals surface area contributed by atoms with Crippen molar-refractivity contribution in [2.24, 2.45) is 23.9 Å². The minimum absolute atomic E-state index is 0. The fourth-order valence-corrected chi connectivity index (χ4v) is 2.85. The van der Waals surface area contributed by atoms with E-state index >= 15 is 0 Å². The summed E-state index contributed by atoms with van der Waals surface area (Å²) in [4.78, 5) is 11.0. The van der Waals surface area contributed by atoms with Crippen molar-refractivity contribution in [3.63, 3.8) is 0 Å². The molecule has 0 saturated carbocycles. The molecule has 0 radical (unpaired) electrons. The third-order valence-electron chi connectivity index (χ3n) is 3.81. The highest BCUT2D eigenvalue weighted by Crippen LogP contribution is 2.23. The van der Waals surface area contributed by atoms with Crippen LogP contribution in [0.5, 0.6) is 0 Å². The molecular weight excluding hydrogens is 379 g/mol. The molecule has 1 aliphatic rings. The number of likely N-dealkylation sites (tertiary alicyclic amines) is 1. The molecule has 1 N–H and O–H groups in total. The highest BCUT2D eigenvalue weighted by atomic mass is 127. The van der Waals surface area contributed by atoms with Gasteiger partial charge in [0.2, 0.25) is 0 Å². The van der Waals surface area contributed by atoms with E-state index in [2.05, 4.69) is 39.1 Å². The van der Waals surface area contributed by atoms with Crippen molar-refractivity contribution in [1.29, 1.82) is 0 Å². The van der Waals surface area contributed by atoms with Crippen LogP contribution in [0.1, 0.15) is 32.5 Å². The van der Waals surface area contributed by atoms with Gasteiger partial charge in [-0.1, -0.05) is 13.8 Å². The van der Waals surface area contributed by atoms with Gasteiger partial charge in [-0.25, -0.2) is 4.98 Å². The van der Waals surface area contributed by atoms with Crippen LogP contribution in [0.3, 0.4) is 0 Å². The molecule has 1 unspecified atom stereocenters. The maximum Gasteiger partial charge on any atom is 0.194 e. The summed E-state index contributed by atoms with van der Waals surface area (Å²) in [6.45, 7) is 7.45. The molecular formula is C14H27IN6. The molecule has 2 heterocycles. The van der Waals surface area contributed by atoms with E-state index in [-0.39, 0.29) is 24.0 Å². The number of rotatable bonds is 4. The SMILES string of the molecule is CN=C(NCc1ncnn1C)N1CCC(CC(C)C)C1.I. The molecule has 0 amide bonds. The van der Waals surface area contributed by atoms with Crippen LogP contribution in [0, 0.1) is 11.8 Å². The third-order valence-corrected chi connectivity index (χ3v) is 3.81. The third kappa shape index (κ3) is 5.12. The molecule has 1 atom stereocenters. The van der Waals surface area contributed by atoms with Gasteiger partial charge in [0.1, 0.15) is 12.2 Å². The van der Waals surface area contributed by atoms with Crippen LogP contribution >= 0.6 is 24.0 Å². The van der Waals surface area contributed by atoms with Crippen molar-refractivity contribution in [2.75, 3.05) is 20.1 Å². The molecule has 0 aromatic carbocycles. The molecule has 1 fully saturated rings. The number of aryl methyl sites for hydroxylation is 1. The Morgan fingerprint density at radius 3 is 2.86 bits per heavy atom. The van der Waals surface area contributed by atoms with Gasteiger partial charge < -0.3 is 10.2 Å². The van der Waals surface area contributed by atoms with Crippen molar-refractivity contribution in [1.82, 2.24) is 25.0 Å². The predicted molar refractivity (Wildman–Crippen MR) is 95.8 cm³/mol. The lowest BCUT2D eigenvalue weighted by atomic mass is 9.97. The van der Waals surface area contributed by atoms with Gasteiger partial charge in [0.05, 0.1) is 6.54 Å². The summed E-state index contributed by atoms with van der Waals surface area (Å²) in [5.74, 6) is 3.46. The van der Waals surface area contributed by atoms with Gasteiger partial charge in [0.15, 0.2) is 5.96 Å². The Labute approximate surface area is 144 Å². The molecule has 21 heavy (non-hydrogen) atoms. The van der Waals surface area contributed by atoms with E-state index in [0.29, 0.717) is 6.54 Å². The highest BCUT2D eigenvalue weighted by Gasteiger charge is 2.25. The molecule has 0 bridgehead atoms. The zero-order chi connectivity index (χ0) is 14.5. The molecule has 7 heteroatoms. The lowest BCUT2D eigenvalue weighted by Crippen LogP contribution is -2.40. The first kappa shape index (κ1) is 18.2. The van der Waals surface area contributed by atoms with E-state index in [1.807, 2.05) is 14.1 Å². The fourth-order valence-electron chi connectivity index (χ4n) is 2.85. The molecule has 120 valence electrons. The second-order valence-corrected chi connectivity index (χ2v) is 5.93. The number of aromatic nitrogens is 3. The van der Waals surface area contributed by atoms with E-state index in [1.165, 1.54) is 12.8 Å². The maximum atomic E-state index is 4.39. The number of guanidine groups is 1. The second-order valence-electron chi connectivity index (χ2n) is 5.93. The predicted octanol–water partition coefficient (Wildman–Crippen LogP) is 1.88. The zero-order valence-corrected chi connectivity index (χ0v) is 15.7. The van der Waals surface area contributed by atoms with Crippen LogP contribution in [0.15, 0.2) is 11.3 Å². The van der Waals surface area contributed by atoms with Crippen molar-refractivity contribution >= 4 is 29.9 Å². The van der Waals surface area contributed by atoms with Gasteiger partial charge in [0, 0.05) is 27.2 Å². The summed E-state index contributed by atoms with van der Waals surface area (Å²) in [6.07, 6.45) is 4.15. The number of aliphatic imine (C=N–C) groups is 1. The van der Waals surface area contributed by atoms with Gasteiger partial charge in [0.25, 0.3) is 0 Å². The number of halogens is 1. The van der Waals surface area contributed by atoms with Gasteiger partial charge in [-0.05, 0) is 24.7 Å². The number of nitrogens with one attached hydrogen (secondary N) is 1. The summed E-state index contributed by atoms with van der Waals surface area (Å²) >= 11 is 0. The maximum absolute atomic E-state index is 4.39. The zero-order valence-electron chi connectivity index (χ0n) is 13.4. The average Bonchev–Trinajstić information content (AvgIpc) is 3.00. The fraction of sp³-hybridized carbons (Fsp3) is 0.786. The van der Waals surface area contributed by atoms with Crippen LogP contribution in [0.2, 0.25) is 0 Å². The number of hydrogen-bond donors (Lipinski definition) is 1. The monoisotopic (exact) mass is 406 g/mol. The van der Waals surface area contributed by atoms with E-state index in [9.17, 15) is 0 Å². The Balaban J connectivity index is 0.00000220. The molecule has 2 rings (SSSR count). The first-order valence-electron chi connectivity index (χ1n) is 7.38. The average molecular weight is 406 g/mol. The molecule has 6 nitrogen and oxygen atoms in total. The topological polar surface area (TPSA) is 58.3 Å². The number of hydrogen-bond acceptors (Lipinski definition) is 3. The minimum Gasteiger partial charge on any atom is -0.349 e. The van der Waals surface area contributed by atoms with E-state index in [4.69, 9.17) is 0 Å². The van der Waals surface area contributed by atoms with Crippen molar-refractivity contribution < 1.29 is 0 Å². The van der Waals surface area contributed by atoms with Gasteiger partial charge in [-0.15, -0.1) is 24.0 Å². The number of nitrogens with zero attached hydrogens (tertiary/aromatic N) is 5. The van der Waals surface area contributed by atoms with Gasteiger partial charge in [-0.3, -0.25) is 9.67 Å². The Kier molecular flexibility index (Phi) is 7.41. The summed E-state index contributed by atoms with van der Waals surface area (Å²) in [5, 5.41) is 7.46. The van der Waals surface area contributed by atoms with Crippen LogP contribution < -0.4 is 5.32 Å². The van der Waals surface area contributed by atoms with E-state index in [1.54, 1.807) is 11.0 Å². The smallest absolute Gasteiger partial charge is 0.194 e. The van der Waals surface area contributed by atoms with E-state index < -0.39 is 0 Å². The normalized spacial score (nSPS) is 19.0. The lowest BCUT2D eigenvalue weighted by molar-refractivity contribution is 0.403. The highest BCUT2D eigenvalue weighted by molar-refractivity contribution is 14.0. The Morgan fingerprint density at radius 2 is 2.29 bits per heavy atom. The Hall–Kier alpha value is -0.860. The van der Waals surface area contributed by atoms with Crippen molar-refractivity contribution in [2.45, 2.75) is 33.2 Å². The van der Waals surface area contributed by atoms with Crippen LogP contribution in [0.4, 0.5) is 0 Å². The standard InChI is InChI=1S/C14H26N6.HI/c1-11(2)7-12-5-6-20(9-12)14(15-3)16-8-13-17-10-18-19(13)4;/h10-12H,5-9H2,1-4H3,(H,15,16);1H. The van der Waals surface area contributed by atoms with Crippen molar-refractivity contribution in [3.8, 4) is 0 Å². The molecule has 0 spiro atoms. The summed E-state index contributed by atoms with van der Waals surface area (Å²) in [6, 6.07) is 0. The van der Waals surface area contributed by atoms with Crippen LogP contribution in [-0.4, -0.2) is 45.8 Å². The summed E-state index contributed by atoms with van der Waals surface area (Å²) in [7, 11) is 3.75. The van der Waals surface area contributed by atoms with Crippen LogP contribution in [-0.2, 0) is 13.6 Å². The minimum atomic E-state index is 0. The molecule has 1 aromatic rings. The summed E-state index contributed by atoms with van der Waals surface area (Å²) < 4.78 is 1.78. The second kappa shape index (κ2) is 8.55. The first-order valence-corrected chi connectivity index (χ1v) is 7.38. The molecule has 0 aliphatic carbocycles. The van der Waals surface area contributed by atoms with Crippen molar-refractivity contribution in [3.05, 3.63) is 12.2 Å². The van der Waals surface area contributed by atoms with Gasteiger partial charge in [-0.2, -0.15) is 5.10 Å². The van der Waals surface area contributed by atoms with Gasteiger partial charge >= 0.3 is 0 Å². The Morgan fingerprint density at radius 1 is 1.52 bits per heavy atom. The molecule has 1 aliphatic heterocycles. The quantitative estimate of drug-likeness (QED) is 0.471. The Bertz CT molecular complexity index is 456. The van der Waals surface area contributed by atoms with E-state index in [0.717, 1.165) is 36.7 Å². The lowest BCUT2D eigenvalue weighted by Gasteiger charge is -2.21. The first-order chi connectivity index (χ1) is 9.60. The summed E-state index contributed by atoms with van der Waals surface area (Å²) in [5.41, 5.74) is 0.